The SMILES string of the molecule is CCc1cc(-n2nc(C)cc2Nc2cc(CC(=O)c3cc(/C=C/CCCCO)cc(C(F)(F)F)c3)ccc2C)ncn1. The van der Waals surface area contributed by atoms with Gasteiger partial charge < -0.3 is 10.4 Å². The Labute approximate surface area is 243 Å². The third kappa shape index (κ3) is 7.91. The number of carbonyl (C=O) groups excluding carboxylic acids is 1. The quantitative estimate of drug-likeness (QED) is 0.137. The molecular weight excluding hydrogens is 543 g/mol. The molecule has 0 bridgehead atoms. The summed E-state index contributed by atoms with van der Waals surface area (Å²) in [7, 11) is 0. The number of halogens is 3. The highest BCUT2D eigenvalue weighted by molar-refractivity contribution is 5.98. The first kappa shape index (κ1) is 30.6. The van der Waals surface area contributed by atoms with Crippen molar-refractivity contribution in [2.45, 2.75) is 59.1 Å². The summed E-state index contributed by atoms with van der Waals surface area (Å²) in [5, 5.41) is 16.9. The second-order valence-electron chi connectivity index (χ2n) is 10.1. The molecule has 0 amide bonds. The molecule has 0 saturated carbocycles. The first-order valence-corrected chi connectivity index (χ1v) is 13.8. The minimum atomic E-state index is -4.58. The highest BCUT2D eigenvalue weighted by Gasteiger charge is 2.31. The summed E-state index contributed by atoms with van der Waals surface area (Å²) in [6, 6.07) is 12.7. The number of nitrogens with zero attached hydrogens (tertiary/aromatic N) is 4. The van der Waals surface area contributed by atoms with Crippen molar-refractivity contribution in [1.29, 1.82) is 0 Å². The van der Waals surface area contributed by atoms with Crippen LogP contribution in [0.15, 0.2) is 60.9 Å². The number of aryl methyl sites for hydroxylation is 3. The third-order valence-corrected chi connectivity index (χ3v) is 6.74. The van der Waals surface area contributed by atoms with Gasteiger partial charge in [-0.25, -0.2) is 9.97 Å². The molecule has 0 saturated heterocycles. The molecule has 220 valence electrons. The predicted octanol–water partition coefficient (Wildman–Crippen LogP) is 7.21. The van der Waals surface area contributed by atoms with Gasteiger partial charge in [-0.3, -0.25) is 4.79 Å². The van der Waals surface area contributed by atoms with E-state index in [-0.39, 0.29) is 18.6 Å². The number of hydrogen-bond acceptors (Lipinski definition) is 6. The van der Waals surface area contributed by atoms with Crippen LogP contribution in [0.1, 0.15) is 70.2 Å². The Kier molecular flexibility index (Phi) is 9.90. The number of nitrogens with one attached hydrogen (secondary N) is 1. The van der Waals surface area contributed by atoms with Crippen LogP contribution >= 0.6 is 0 Å². The first-order chi connectivity index (χ1) is 20.1. The Morgan fingerprint density at radius 3 is 2.60 bits per heavy atom. The number of anilines is 2. The van der Waals surface area contributed by atoms with Crippen LogP contribution in [-0.4, -0.2) is 37.2 Å². The zero-order valence-corrected chi connectivity index (χ0v) is 23.9. The average Bonchev–Trinajstić information content (AvgIpc) is 3.33. The number of hydrogen-bond donors (Lipinski definition) is 2. The van der Waals surface area contributed by atoms with Gasteiger partial charge in [0.1, 0.15) is 12.1 Å². The maximum absolute atomic E-state index is 13.6. The summed E-state index contributed by atoms with van der Waals surface area (Å²) < 4.78 is 42.6. The van der Waals surface area contributed by atoms with E-state index in [4.69, 9.17) is 5.11 Å². The van der Waals surface area contributed by atoms with Gasteiger partial charge in [0, 0.05) is 42.1 Å². The number of rotatable bonds is 12. The average molecular weight is 578 g/mol. The van der Waals surface area contributed by atoms with Crippen molar-refractivity contribution in [1.82, 2.24) is 19.7 Å². The van der Waals surface area contributed by atoms with Gasteiger partial charge in [0.05, 0.1) is 11.3 Å². The molecule has 2 aromatic heterocycles. The number of benzene rings is 2. The van der Waals surface area contributed by atoms with E-state index in [1.54, 1.807) is 22.9 Å². The predicted molar refractivity (Wildman–Crippen MR) is 157 cm³/mol. The van der Waals surface area contributed by atoms with E-state index in [9.17, 15) is 18.0 Å². The number of unbranched alkanes of at least 4 members (excludes halogenated alkanes) is 2. The molecule has 0 aliphatic heterocycles. The van der Waals surface area contributed by atoms with Crippen molar-refractivity contribution >= 4 is 23.4 Å². The third-order valence-electron chi connectivity index (χ3n) is 6.74. The molecule has 2 aromatic carbocycles. The van der Waals surface area contributed by atoms with Crippen LogP contribution < -0.4 is 5.32 Å². The Hall–Kier alpha value is -4.31. The smallest absolute Gasteiger partial charge is 0.396 e. The molecule has 0 radical (unpaired) electrons. The molecule has 2 heterocycles. The number of carbonyl (C=O) groups is 1. The Morgan fingerprint density at radius 1 is 1.05 bits per heavy atom. The Bertz CT molecular complexity index is 1580. The summed E-state index contributed by atoms with van der Waals surface area (Å²) >= 11 is 0. The van der Waals surface area contributed by atoms with Gasteiger partial charge in [-0.15, -0.1) is 0 Å². The van der Waals surface area contributed by atoms with Crippen molar-refractivity contribution < 1.29 is 23.1 Å². The summed E-state index contributed by atoms with van der Waals surface area (Å²) in [5.74, 6) is 0.872. The van der Waals surface area contributed by atoms with E-state index in [1.807, 2.05) is 45.0 Å². The van der Waals surface area contributed by atoms with Gasteiger partial charge in [-0.05, 0) is 80.5 Å². The van der Waals surface area contributed by atoms with E-state index in [0.717, 1.165) is 47.6 Å². The molecule has 7 nitrogen and oxygen atoms in total. The minimum Gasteiger partial charge on any atom is -0.396 e. The first-order valence-electron chi connectivity index (χ1n) is 13.8. The monoisotopic (exact) mass is 577 g/mol. The van der Waals surface area contributed by atoms with E-state index in [2.05, 4.69) is 20.4 Å². The van der Waals surface area contributed by atoms with Gasteiger partial charge in [0.25, 0.3) is 0 Å². The standard InChI is InChI=1S/C32H34F3N5O2/c1-4-27-19-30(37-20-36-27)40-31(13-22(3)39-40)38-28-16-24(11-10-21(28)2)17-29(42)25-14-23(9-7-5-6-8-12-41)15-26(18-25)32(33,34)35/h7,9-11,13-16,18-20,38,41H,4-6,8,12,17H2,1-3H3/b9-7+. The van der Waals surface area contributed by atoms with Gasteiger partial charge in [0.15, 0.2) is 11.6 Å². The van der Waals surface area contributed by atoms with Crippen molar-refractivity contribution in [3.8, 4) is 5.82 Å². The van der Waals surface area contributed by atoms with Gasteiger partial charge in [-0.2, -0.15) is 23.0 Å². The number of aromatic nitrogens is 4. The normalized spacial score (nSPS) is 11.8. The lowest BCUT2D eigenvalue weighted by atomic mass is 9.97. The van der Waals surface area contributed by atoms with E-state index in [0.29, 0.717) is 35.6 Å². The van der Waals surface area contributed by atoms with Gasteiger partial charge in [-0.1, -0.05) is 31.2 Å². The number of aliphatic hydroxyl groups excluding tert-OH is 1. The zero-order valence-electron chi connectivity index (χ0n) is 23.9. The summed E-state index contributed by atoms with van der Waals surface area (Å²) in [4.78, 5) is 21.9. The van der Waals surface area contributed by atoms with Crippen LogP contribution in [0.2, 0.25) is 0 Å². The zero-order chi connectivity index (χ0) is 30.3. The molecule has 0 aliphatic rings. The fourth-order valence-corrected chi connectivity index (χ4v) is 4.46. The lowest BCUT2D eigenvalue weighted by Gasteiger charge is -2.14. The molecule has 0 unspecified atom stereocenters. The largest absolute Gasteiger partial charge is 0.416 e. The second kappa shape index (κ2) is 13.6. The Morgan fingerprint density at radius 2 is 1.86 bits per heavy atom. The van der Waals surface area contributed by atoms with Crippen LogP contribution in [0.25, 0.3) is 11.9 Å². The number of allylic oxidation sites excluding steroid dienone is 1. The summed E-state index contributed by atoms with van der Waals surface area (Å²) in [6.45, 7) is 5.87. The van der Waals surface area contributed by atoms with Crippen molar-refractivity contribution in [3.63, 3.8) is 0 Å². The van der Waals surface area contributed by atoms with Crippen LogP contribution in [0.3, 0.4) is 0 Å². The summed E-state index contributed by atoms with van der Waals surface area (Å²) in [5.41, 5.74) is 3.41. The van der Waals surface area contributed by atoms with E-state index < -0.39 is 17.5 Å². The number of ketones is 1. The molecule has 42 heavy (non-hydrogen) atoms. The summed E-state index contributed by atoms with van der Waals surface area (Å²) in [6.07, 6.45) is 2.90. The van der Waals surface area contributed by atoms with Crippen LogP contribution in [0.5, 0.6) is 0 Å². The van der Waals surface area contributed by atoms with Crippen LogP contribution in [0.4, 0.5) is 24.7 Å². The molecule has 0 atom stereocenters. The highest BCUT2D eigenvalue weighted by Crippen LogP contribution is 2.32. The topological polar surface area (TPSA) is 92.9 Å². The van der Waals surface area contributed by atoms with Crippen molar-refractivity contribution in [3.05, 3.63) is 100 Å². The van der Waals surface area contributed by atoms with Gasteiger partial charge in [0.2, 0.25) is 0 Å². The van der Waals surface area contributed by atoms with E-state index in [1.165, 1.54) is 12.4 Å². The maximum atomic E-state index is 13.6. The van der Waals surface area contributed by atoms with E-state index >= 15 is 0 Å². The number of alkyl halides is 3. The molecule has 4 rings (SSSR count). The van der Waals surface area contributed by atoms with Gasteiger partial charge >= 0.3 is 6.18 Å². The molecule has 10 heteroatoms. The molecule has 2 N–H and O–H groups in total. The molecule has 4 aromatic rings. The highest BCUT2D eigenvalue weighted by atomic mass is 19.4. The molecular formula is C32H34F3N5O2. The van der Waals surface area contributed by atoms with Crippen LogP contribution in [-0.2, 0) is 19.0 Å². The lowest BCUT2D eigenvalue weighted by Crippen LogP contribution is -2.10. The Balaban J connectivity index is 1.58. The van der Waals surface area contributed by atoms with Crippen LogP contribution in [0, 0.1) is 13.8 Å². The van der Waals surface area contributed by atoms with Crippen molar-refractivity contribution in [2.24, 2.45) is 0 Å². The number of Topliss-reactive ketones (excluding diaryl/α,β-unsaturated/α-hetero) is 1. The molecule has 0 aliphatic carbocycles. The molecule has 0 fully saturated rings. The second-order valence-corrected chi connectivity index (χ2v) is 10.1. The fourth-order valence-electron chi connectivity index (χ4n) is 4.46. The maximum Gasteiger partial charge on any atom is 0.416 e. The lowest BCUT2D eigenvalue weighted by molar-refractivity contribution is -0.137. The van der Waals surface area contributed by atoms with Crippen molar-refractivity contribution in [2.75, 3.05) is 11.9 Å². The number of aliphatic hydroxyl groups is 1. The molecule has 0 spiro atoms. The fraction of sp³-hybridized carbons (Fsp3) is 0.312. The minimum absolute atomic E-state index is 0.000826.